The Bertz CT molecular complexity index is 1870. The van der Waals surface area contributed by atoms with Crippen LogP contribution in [0.4, 0.5) is 22.7 Å². The van der Waals surface area contributed by atoms with Gasteiger partial charge in [-0.3, -0.25) is 9.80 Å². The smallest absolute Gasteiger partial charge is 0.143 e. The zero-order chi connectivity index (χ0) is 37.8. The molecule has 0 amide bonds. The van der Waals surface area contributed by atoms with Gasteiger partial charge in [0, 0.05) is 23.8 Å². The van der Waals surface area contributed by atoms with Crippen LogP contribution in [0.2, 0.25) is 0 Å². The standard InChI is InChI=1S/C48H62N4/c1-29(2)39-17-15-18-40(30(3)4)46(39)50-21-22-51(47-41(31(5)6)19-16-20-42(47)32(7)8)48(50)43-27-49(44-35(11)23-33(9)24-36(44)12)28-52(43)45-37(13)25-34(10)26-38(45)14/h15-26,29-32H,27-28H2,1-14H3. The fourth-order valence-corrected chi connectivity index (χ4v) is 9.00. The summed E-state index contributed by atoms with van der Waals surface area (Å²) in [4.78, 5) is 10.4. The van der Waals surface area contributed by atoms with Crippen molar-refractivity contribution < 1.29 is 0 Å². The largest absolute Gasteiger partial charge is 0.347 e. The van der Waals surface area contributed by atoms with Gasteiger partial charge >= 0.3 is 0 Å². The van der Waals surface area contributed by atoms with E-state index in [4.69, 9.17) is 0 Å². The normalized spacial score (nSPS) is 15.0. The van der Waals surface area contributed by atoms with Crippen molar-refractivity contribution in [2.45, 2.75) is 121 Å². The average molecular weight is 695 g/mol. The molecule has 6 rings (SSSR count). The Morgan fingerprint density at radius 1 is 0.462 bits per heavy atom. The van der Waals surface area contributed by atoms with Crippen LogP contribution in [0.1, 0.15) is 135 Å². The molecule has 0 unspecified atom stereocenters. The van der Waals surface area contributed by atoms with Crippen LogP contribution < -0.4 is 19.6 Å². The lowest BCUT2D eigenvalue weighted by Crippen LogP contribution is -2.32. The third-order valence-electron chi connectivity index (χ3n) is 11.1. The molecule has 4 aromatic carbocycles. The predicted molar refractivity (Wildman–Crippen MR) is 226 cm³/mol. The number of hydrogen-bond acceptors (Lipinski definition) is 4. The summed E-state index contributed by atoms with van der Waals surface area (Å²) in [6.07, 6.45) is 4.71. The van der Waals surface area contributed by atoms with Crippen LogP contribution >= 0.6 is 0 Å². The molecular formula is C48H62N4. The van der Waals surface area contributed by atoms with Crippen molar-refractivity contribution in [1.29, 1.82) is 0 Å². The molecule has 0 spiro atoms. The van der Waals surface area contributed by atoms with Gasteiger partial charge in [0.15, 0.2) is 0 Å². The molecular weight excluding hydrogens is 633 g/mol. The van der Waals surface area contributed by atoms with Crippen molar-refractivity contribution in [2.24, 2.45) is 0 Å². The number of aryl methyl sites for hydroxylation is 6. The van der Waals surface area contributed by atoms with E-state index in [1.165, 1.54) is 89.9 Å². The zero-order valence-electron chi connectivity index (χ0n) is 34.4. The van der Waals surface area contributed by atoms with E-state index in [2.05, 4.69) is 190 Å². The van der Waals surface area contributed by atoms with Crippen LogP contribution in [0, 0.1) is 41.5 Å². The van der Waals surface area contributed by atoms with E-state index in [1.807, 2.05) is 0 Å². The molecule has 0 bridgehead atoms. The van der Waals surface area contributed by atoms with Crippen molar-refractivity contribution in [1.82, 2.24) is 0 Å². The van der Waals surface area contributed by atoms with Gasteiger partial charge in [-0.15, -0.1) is 0 Å². The van der Waals surface area contributed by atoms with E-state index in [9.17, 15) is 0 Å². The van der Waals surface area contributed by atoms with E-state index in [1.54, 1.807) is 0 Å². The molecule has 4 nitrogen and oxygen atoms in total. The second kappa shape index (κ2) is 14.5. The molecule has 0 radical (unpaired) electrons. The first-order valence-corrected chi connectivity index (χ1v) is 19.5. The summed E-state index contributed by atoms with van der Waals surface area (Å²) in [5.41, 5.74) is 20.0. The molecule has 1 fully saturated rings. The Morgan fingerprint density at radius 2 is 0.808 bits per heavy atom. The molecule has 0 aliphatic carbocycles. The molecule has 0 atom stereocenters. The van der Waals surface area contributed by atoms with Gasteiger partial charge in [0.05, 0.1) is 30.3 Å². The fourth-order valence-electron chi connectivity index (χ4n) is 9.00. The number of anilines is 4. The Balaban J connectivity index is 1.74. The minimum absolute atomic E-state index is 0.368. The lowest BCUT2D eigenvalue weighted by molar-refractivity contribution is 0.816. The summed E-state index contributed by atoms with van der Waals surface area (Å²) in [6.45, 7) is 33.9. The van der Waals surface area contributed by atoms with Crippen molar-refractivity contribution in [3.05, 3.63) is 140 Å². The molecule has 0 aromatic heterocycles. The first-order valence-electron chi connectivity index (χ1n) is 19.5. The third kappa shape index (κ3) is 6.66. The Labute approximate surface area is 315 Å². The summed E-state index contributed by atoms with van der Waals surface area (Å²) in [5.74, 6) is 2.70. The lowest BCUT2D eigenvalue weighted by Gasteiger charge is -2.36. The number of rotatable bonds is 8. The first-order chi connectivity index (χ1) is 24.6. The quantitative estimate of drug-likeness (QED) is 0.182. The summed E-state index contributed by atoms with van der Waals surface area (Å²) in [5, 5.41) is 0. The maximum Gasteiger partial charge on any atom is 0.143 e. The van der Waals surface area contributed by atoms with Crippen LogP contribution in [0.25, 0.3) is 0 Å². The summed E-state index contributed by atoms with van der Waals surface area (Å²) in [7, 11) is 0. The first kappa shape index (κ1) is 37.3. The lowest BCUT2D eigenvalue weighted by atomic mass is 9.91. The molecule has 274 valence electrons. The van der Waals surface area contributed by atoms with E-state index in [0.717, 1.165) is 13.2 Å². The minimum Gasteiger partial charge on any atom is -0.347 e. The van der Waals surface area contributed by atoms with Crippen LogP contribution in [0.5, 0.6) is 0 Å². The molecule has 0 N–H and O–H groups in total. The second-order valence-corrected chi connectivity index (χ2v) is 16.8. The van der Waals surface area contributed by atoms with Gasteiger partial charge in [0.2, 0.25) is 0 Å². The molecule has 52 heavy (non-hydrogen) atoms. The SMILES string of the molecule is Cc1cc(C)c(N2CC(=C3N(c4c(C(C)C)cccc4C(C)C)C=CN3c3c(C(C)C)cccc3C(C)C)N(c3c(C)cc(C)cc3C)C2)c(C)c1. The maximum absolute atomic E-state index is 2.64. The Morgan fingerprint density at radius 3 is 1.15 bits per heavy atom. The Kier molecular flexibility index (Phi) is 10.4. The number of benzene rings is 4. The zero-order valence-corrected chi connectivity index (χ0v) is 34.4. The highest BCUT2D eigenvalue weighted by molar-refractivity contribution is 5.81. The highest BCUT2D eigenvalue weighted by Gasteiger charge is 2.39. The molecule has 2 heterocycles. The Hall–Kier alpha value is -4.44. The van der Waals surface area contributed by atoms with Gasteiger partial charge in [-0.1, -0.05) is 127 Å². The molecule has 4 heteroatoms. The van der Waals surface area contributed by atoms with Crippen molar-refractivity contribution >= 4 is 22.7 Å². The molecule has 2 aliphatic rings. The topological polar surface area (TPSA) is 13.0 Å². The van der Waals surface area contributed by atoms with Gasteiger partial charge in [-0.2, -0.15) is 0 Å². The van der Waals surface area contributed by atoms with E-state index in [-0.39, 0.29) is 0 Å². The number of hydrogen-bond donors (Lipinski definition) is 0. The third-order valence-corrected chi connectivity index (χ3v) is 11.1. The highest BCUT2D eigenvalue weighted by Crippen LogP contribution is 2.48. The van der Waals surface area contributed by atoms with E-state index < -0.39 is 0 Å². The molecule has 0 saturated carbocycles. The fraction of sp³-hybridized carbons (Fsp3) is 0.417. The van der Waals surface area contributed by atoms with Gasteiger partial charge in [0.1, 0.15) is 5.82 Å². The van der Waals surface area contributed by atoms with Gasteiger partial charge in [-0.05, 0) is 110 Å². The molecule has 4 aromatic rings. The van der Waals surface area contributed by atoms with Crippen molar-refractivity contribution in [3.8, 4) is 0 Å². The van der Waals surface area contributed by atoms with E-state index >= 15 is 0 Å². The second-order valence-electron chi connectivity index (χ2n) is 16.8. The van der Waals surface area contributed by atoms with Crippen LogP contribution in [-0.2, 0) is 0 Å². The van der Waals surface area contributed by atoms with Gasteiger partial charge in [-0.25, -0.2) is 0 Å². The highest BCUT2D eigenvalue weighted by atomic mass is 15.4. The van der Waals surface area contributed by atoms with Crippen LogP contribution in [0.15, 0.2) is 84.6 Å². The monoisotopic (exact) mass is 694 g/mol. The minimum atomic E-state index is 0.368. The number of para-hydroxylation sites is 2. The van der Waals surface area contributed by atoms with Crippen LogP contribution in [-0.4, -0.2) is 13.2 Å². The number of nitrogens with zero attached hydrogens (tertiary/aromatic N) is 4. The molecule has 1 saturated heterocycles. The van der Waals surface area contributed by atoms with Crippen LogP contribution in [0.3, 0.4) is 0 Å². The summed E-state index contributed by atoms with van der Waals surface area (Å²) in [6, 6.07) is 23.3. The van der Waals surface area contributed by atoms with E-state index in [0.29, 0.717) is 23.7 Å². The summed E-state index contributed by atoms with van der Waals surface area (Å²) < 4.78 is 0. The van der Waals surface area contributed by atoms with Gasteiger partial charge in [0.25, 0.3) is 0 Å². The average Bonchev–Trinajstić information content (AvgIpc) is 3.67. The maximum atomic E-state index is 2.64. The van der Waals surface area contributed by atoms with Crippen molar-refractivity contribution in [3.63, 3.8) is 0 Å². The van der Waals surface area contributed by atoms with Gasteiger partial charge < -0.3 is 9.80 Å². The molecule has 2 aliphatic heterocycles. The predicted octanol–water partition coefficient (Wildman–Crippen LogP) is 13.0. The summed E-state index contributed by atoms with van der Waals surface area (Å²) >= 11 is 0. The van der Waals surface area contributed by atoms with Crippen molar-refractivity contribution in [2.75, 3.05) is 32.8 Å².